The zero-order valence-corrected chi connectivity index (χ0v) is 13.5. The number of rotatable bonds is 5. The number of nitrogens with two attached hydrogens (primary N) is 1. The van der Waals surface area contributed by atoms with Gasteiger partial charge in [-0.3, -0.25) is 0 Å². The lowest BCUT2D eigenvalue weighted by atomic mass is 10.1. The summed E-state index contributed by atoms with van der Waals surface area (Å²) in [6.45, 7) is 2.65. The number of hydrogen-bond acceptors (Lipinski definition) is 1. The first-order chi connectivity index (χ1) is 11.6. The summed E-state index contributed by atoms with van der Waals surface area (Å²) in [6, 6.07) is 15.2. The Bertz CT molecular complexity index is 825. The molecule has 124 valence electrons. The minimum Gasteiger partial charge on any atom is -0.345 e. The maximum absolute atomic E-state index is 14.1. The molecule has 4 heteroatoms. The van der Waals surface area contributed by atoms with Gasteiger partial charge in [0.25, 0.3) is 0 Å². The summed E-state index contributed by atoms with van der Waals surface area (Å²) >= 11 is 0. The molecule has 3 rings (SSSR count). The van der Waals surface area contributed by atoms with Gasteiger partial charge in [0, 0.05) is 35.6 Å². The second-order valence-corrected chi connectivity index (χ2v) is 5.91. The van der Waals surface area contributed by atoms with Gasteiger partial charge in [-0.2, -0.15) is 0 Å². The van der Waals surface area contributed by atoms with Crippen LogP contribution in [0, 0.1) is 11.6 Å². The fraction of sp³-hybridized carbons (Fsp3) is 0.200. The van der Waals surface area contributed by atoms with Crippen LogP contribution < -0.4 is 5.73 Å². The van der Waals surface area contributed by atoms with Crippen molar-refractivity contribution in [3.8, 4) is 11.1 Å². The van der Waals surface area contributed by atoms with E-state index in [-0.39, 0.29) is 11.6 Å². The zero-order valence-electron chi connectivity index (χ0n) is 13.5. The molecule has 3 aromatic rings. The Morgan fingerprint density at radius 1 is 1.04 bits per heavy atom. The minimum atomic E-state index is -0.455. The topological polar surface area (TPSA) is 30.9 Å². The first-order valence-electron chi connectivity index (χ1n) is 8.03. The van der Waals surface area contributed by atoms with Crippen molar-refractivity contribution in [3.05, 3.63) is 83.7 Å². The third-order valence-electron chi connectivity index (χ3n) is 4.18. The Kier molecular flexibility index (Phi) is 4.76. The lowest BCUT2D eigenvalue weighted by molar-refractivity contribution is 0.603. The van der Waals surface area contributed by atoms with E-state index in [0.29, 0.717) is 12.1 Å². The average Bonchev–Trinajstić information content (AvgIpc) is 3.01. The second-order valence-electron chi connectivity index (χ2n) is 5.91. The van der Waals surface area contributed by atoms with Crippen molar-refractivity contribution in [2.24, 2.45) is 5.73 Å². The largest absolute Gasteiger partial charge is 0.345 e. The highest BCUT2D eigenvalue weighted by molar-refractivity contribution is 5.65. The van der Waals surface area contributed by atoms with E-state index in [9.17, 15) is 8.78 Å². The van der Waals surface area contributed by atoms with Crippen molar-refractivity contribution in [1.82, 2.24) is 4.57 Å². The smallest absolute Gasteiger partial charge is 0.131 e. The summed E-state index contributed by atoms with van der Waals surface area (Å²) in [5.41, 5.74) is 9.16. The molecule has 0 unspecified atom stereocenters. The van der Waals surface area contributed by atoms with E-state index in [4.69, 9.17) is 5.73 Å². The first-order valence-corrected chi connectivity index (χ1v) is 8.03. The molecule has 1 aromatic heterocycles. The average molecular weight is 326 g/mol. The van der Waals surface area contributed by atoms with Crippen molar-refractivity contribution in [2.75, 3.05) is 0 Å². The maximum Gasteiger partial charge on any atom is 0.131 e. The van der Waals surface area contributed by atoms with Crippen LogP contribution in [-0.4, -0.2) is 4.57 Å². The van der Waals surface area contributed by atoms with E-state index < -0.39 is 11.6 Å². The molecule has 0 spiro atoms. The van der Waals surface area contributed by atoms with E-state index in [2.05, 4.69) is 0 Å². The highest BCUT2D eigenvalue weighted by atomic mass is 19.1. The van der Waals surface area contributed by atoms with Crippen molar-refractivity contribution >= 4 is 0 Å². The fourth-order valence-corrected chi connectivity index (χ4v) is 2.83. The van der Waals surface area contributed by atoms with Gasteiger partial charge in [0.05, 0.1) is 0 Å². The van der Waals surface area contributed by atoms with Gasteiger partial charge in [0.1, 0.15) is 11.6 Å². The predicted octanol–water partition coefficient (Wildman–Crippen LogP) is 4.89. The van der Waals surface area contributed by atoms with E-state index in [1.807, 2.05) is 54.1 Å². The van der Waals surface area contributed by atoms with Crippen molar-refractivity contribution in [2.45, 2.75) is 25.9 Å². The summed E-state index contributed by atoms with van der Waals surface area (Å²) < 4.78 is 29.6. The van der Waals surface area contributed by atoms with Gasteiger partial charge < -0.3 is 10.3 Å². The van der Waals surface area contributed by atoms with E-state index >= 15 is 0 Å². The Morgan fingerprint density at radius 2 is 1.79 bits per heavy atom. The standard InChI is InChI=1S/C20H20F2N2/c1-2-19(23)20-10-15(17-11-16(21)8-9-18(17)22)13-24(20)12-14-6-4-3-5-7-14/h3-11,13,19H,2,12,23H2,1H3/t19-/m1/s1. The number of halogens is 2. The highest BCUT2D eigenvalue weighted by Crippen LogP contribution is 2.29. The molecule has 2 N–H and O–H groups in total. The monoisotopic (exact) mass is 326 g/mol. The molecule has 0 aliphatic rings. The molecule has 0 saturated carbocycles. The minimum absolute atomic E-state index is 0.154. The Labute approximate surface area is 140 Å². The molecular formula is C20H20F2N2. The van der Waals surface area contributed by atoms with Crippen LogP contribution in [0.25, 0.3) is 11.1 Å². The van der Waals surface area contributed by atoms with Crippen LogP contribution >= 0.6 is 0 Å². The zero-order chi connectivity index (χ0) is 17.1. The summed E-state index contributed by atoms with van der Waals surface area (Å²) in [5.74, 6) is -0.895. The van der Waals surface area contributed by atoms with Crippen LogP contribution in [0.5, 0.6) is 0 Å². The Balaban J connectivity index is 2.04. The SMILES string of the molecule is CC[C@@H](N)c1cc(-c2cc(F)ccc2F)cn1Cc1ccccc1. The van der Waals surface area contributed by atoms with E-state index in [1.54, 1.807) is 0 Å². The number of aromatic nitrogens is 1. The molecule has 0 fully saturated rings. The van der Waals surface area contributed by atoms with Gasteiger partial charge in [-0.15, -0.1) is 0 Å². The van der Waals surface area contributed by atoms with Gasteiger partial charge in [0.2, 0.25) is 0 Å². The van der Waals surface area contributed by atoms with Gasteiger partial charge in [-0.1, -0.05) is 37.3 Å². The van der Waals surface area contributed by atoms with Gasteiger partial charge in [-0.25, -0.2) is 8.78 Å². The normalized spacial score (nSPS) is 12.3. The van der Waals surface area contributed by atoms with Crippen LogP contribution in [0.1, 0.15) is 30.6 Å². The molecule has 0 amide bonds. The first kappa shape index (κ1) is 16.4. The number of benzene rings is 2. The number of hydrogen-bond donors (Lipinski definition) is 1. The second kappa shape index (κ2) is 6.97. The van der Waals surface area contributed by atoms with Crippen LogP contribution in [0.2, 0.25) is 0 Å². The molecule has 24 heavy (non-hydrogen) atoms. The molecule has 2 nitrogen and oxygen atoms in total. The quantitative estimate of drug-likeness (QED) is 0.711. The molecule has 1 heterocycles. The lowest BCUT2D eigenvalue weighted by Gasteiger charge is -2.14. The third-order valence-corrected chi connectivity index (χ3v) is 4.18. The molecule has 0 aliphatic carbocycles. The molecular weight excluding hydrogens is 306 g/mol. The summed E-state index contributed by atoms with van der Waals surface area (Å²) in [5, 5.41) is 0. The third kappa shape index (κ3) is 3.39. The lowest BCUT2D eigenvalue weighted by Crippen LogP contribution is -2.14. The molecule has 0 saturated heterocycles. The summed E-state index contributed by atoms with van der Waals surface area (Å²) in [7, 11) is 0. The van der Waals surface area contributed by atoms with Crippen LogP contribution in [-0.2, 0) is 6.54 Å². The van der Waals surface area contributed by atoms with Crippen molar-refractivity contribution in [1.29, 1.82) is 0 Å². The Morgan fingerprint density at radius 3 is 2.50 bits per heavy atom. The highest BCUT2D eigenvalue weighted by Gasteiger charge is 2.15. The molecule has 0 radical (unpaired) electrons. The molecule has 0 aliphatic heterocycles. The van der Waals surface area contributed by atoms with Crippen LogP contribution in [0.4, 0.5) is 8.78 Å². The Hall–Kier alpha value is -2.46. The molecule has 2 aromatic carbocycles. The summed E-state index contributed by atoms with van der Waals surface area (Å²) in [4.78, 5) is 0. The van der Waals surface area contributed by atoms with Crippen LogP contribution in [0.15, 0.2) is 60.8 Å². The van der Waals surface area contributed by atoms with Crippen molar-refractivity contribution < 1.29 is 8.78 Å². The van der Waals surface area contributed by atoms with E-state index in [0.717, 1.165) is 29.8 Å². The summed E-state index contributed by atoms with van der Waals surface area (Å²) in [6.07, 6.45) is 2.61. The van der Waals surface area contributed by atoms with Gasteiger partial charge in [-0.05, 0) is 36.2 Å². The predicted molar refractivity (Wildman–Crippen MR) is 92.5 cm³/mol. The van der Waals surface area contributed by atoms with Gasteiger partial charge >= 0.3 is 0 Å². The molecule has 1 atom stereocenters. The van der Waals surface area contributed by atoms with Gasteiger partial charge in [0.15, 0.2) is 0 Å². The molecule has 0 bridgehead atoms. The number of nitrogens with zero attached hydrogens (tertiary/aromatic N) is 1. The van der Waals surface area contributed by atoms with Crippen molar-refractivity contribution in [3.63, 3.8) is 0 Å². The maximum atomic E-state index is 14.1. The van der Waals surface area contributed by atoms with Crippen LogP contribution in [0.3, 0.4) is 0 Å². The van der Waals surface area contributed by atoms with E-state index in [1.165, 1.54) is 6.07 Å². The fourth-order valence-electron chi connectivity index (χ4n) is 2.83.